The molecule has 158 valence electrons. The highest BCUT2D eigenvalue weighted by Gasteiger charge is 2.05. The number of hydrogen-bond acceptors (Lipinski definition) is 1. The maximum atomic E-state index is 12.7. The molecule has 0 spiro atoms. The van der Waals surface area contributed by atoms with Gasteiger partial charge in [0.1, 0.15) is 0 Å². The summed E-state index contributed by atoms with van der Waals surface area (Å²) in [6.07, 6.45) is 3.51. The molecule has 33 heavy (non-hydrogen) atoms. The predicted molar refractivity (Wildman–Crippen MR) is 142 cm³/mol. The minimum atomic E-state index is -0.00418. The summed E-state index contributed by atoms with van der Waals surface area (Å²) in [5, 5.41) is 2.47. The lowest BCUT2D eigenvalue weighted by Crippen LogP contribution is -1.93. The Morgan fingerprint density at radius 1 is 0.606 bits per heavy atom. The number of ketones is 1. The molecule has 0 aromatic heterocycles. The summed E-state index contributed by atoms with van der Waals surface area (Å²) in [4.78, 5) is 12.7. The van der Waals surface area contributed by atoms with E-state index in [4.69, 9.17) is 0 Å². The van der Waals surface area contributed by atoms with Crippen molar-refractivity contribution in [1.29, 1.82) is 0 Å². The Hall–Kier alpha value is -3.75. The van der Waals surface area contributed by atoms with Gasteiger partial charge in [-0.2, -0.15) is 0 Å². The van der Waals surface area contributed by atoms with E-state index in [1.165, 1.54) is 21.9 Å². The van der Waals surface area contributed by atoms with E-state index in [2.05, 4.69) is 94.8 Å². The lowest BCUT2D eigenvalue weighted by molar-refractivity contribution is 0.104. The number of halogens is 1. The fraction of sp³-hybridized carbons (Fsp3) is 0. The topological polar surface area (TPSA) is 17.1 Å². The molecule has 2 heteroatoms. The zero-order valence-corrected chi connectivity index (χ0v) is 19.5. The lowest BCUT2D eigenvalue weighted by Gasteiger charge is -2.07. The van der Waals surface area contributed by atoms with E-state index in [0.717, 1.165) is 21.2 Å². The quantitative estimate of drug-likeness (QED) is 0.178. The van der Waals surface area contributed by atoms with Crippen molar-refractivity contribution in [3.8, 4) is 22.3 Å². The molecule has 0 amide bonds. The van der Waals surface area contributed by atoms with Crippen molar-refractivity contribution in [2.75, 3.05) is 0 Å². The average molecular weight is 489 g/mol. The van der Waals surface area contributed by atoms with Crippen LogP contribution in [0.25, 0.3) is 39.1 Å². The van der Waals surface area contributed by atoms with E-state index in [1.54, 1.807) is 6.08 Å². The zero-order chi connectivity index (χ0) is 22.6. The average Bonchev–Trinajstić information content (AvgIpc) is 2.88. The number of allylic oxidation sites excluding steroid dienone is 1. The van der Waals surface area contributed by atoms with Crippen molar-refractivity contribution in [2.24, 2.45) is 0 Å². The Kier molecular flexibility index (Phi) is 6.01. The van der Waals surface area contributed by atoms with Gasteiger partial charge in [0.2, 0.25) is 0 Å². The number of rotatable bonds is 5. The highest BCUT2D eigenvalue weighted by Crippen LogP contribution is 2.29. The molecule has 0 saturated heterocycles. The van der Waals surface area contributed by atoms with Crippen LogP contribution in [0.5, 0.6) is 0 Å². The Bertz CT molecular complexity index is 1440. The van der Waals surface area contributed by atoms with Crippen molar-refractivity contribution in [3.63, 3.8) is 0 Å². The molecule has 0 N–H and O–H groups in total. The largest absolute Gasteiger partial charge is 0.289 e. The summed E-state index contributed by atoms with van der Waals surface area (Å²) < 4.78 is 1.05. The second-order valence-electron chi connectivity index (χ2n) is 7.93. The lowest BCUT2D eigenvalue weighted by atomic mass is 9.97. The van der Waals surface area contributed by atoms with Gasteiger partial charge in [-0.05, 0) is 56.8 Å². The molecule has 0 aliphatic heterocycles. The summed E-state index contributed by atoms with van der Waals surface area (Å²) in [5.41, 5.74) is 6.27. The van der Waals surface area contributed by atoms with Crippen LogP contribution in [0.15, 0.2) is 126 Å². The van der Waals surface area contributed by atoms with Crippen LogP contribution in [0.2, 0.25) is 0 Å². The first-order chi connectivity index (χ1) is 16.2. The molecule has 5 aromatic rings. The molecule has 0 fully saturated rings. The standard InChI is InChI=1S/C31H21BrO/c32-28-19-17-24(18-20-28)23-13-15-27(16-14-23)31(33)21-10-22-8-11-26(12-9-22)30-7-3-5-25-4-1-2-6-29(25)30/h1-21H/b21-10+. The second-order valence-corrected chi connectivity index (χ2v) is 8.85. The van der Waals surface area contributed by atoms with E-state index in [1.807, 2.05) is 42.5 Å². The minimum absolute atomic E-state index is 0.00418. The van der Waals surface area contributed by atoms with E-state index in [9.17, 15) is 4.79 Å². The van der Waals surface area contributed by atoms with Crippen molar-refractivity contribution in [2.45, 2.75) is 0 Å². The molecule has 5 aromatic carbocycles. The third-order valence-electron chi connectivity index (χ3n) is 5.79. The van der Waals surface area contributed by atoms with Crippen LogP contribution >= 0.6 is 15.9 Å². The van der Waals surface area contributed by atoms with Gasteiger partial charge in [-0.1, -0.05) is 125 Å². The molecule has 0 saturated carbocycles. The van der Waals surface area contributed by atoms with Gasteiger partial charge in [-0.15, -0.1) is 0 Å². The third kappa shape index (κ3) is 4.72. The predicted octanol–water partition coefficient (Wildman–Crippen LogP) is 8.83. The molecule has 0 atom stereocenters. The fourth-order valence-electron chi connectivity index (χ4n) is 3.99. The van der Waals surface area contributed by atoms with Gasteiger partial charge in [0.05, 0.1) is 0 Å². The Labute approximate surface area is 202 Å². The monoisotopic (exact) mass is 488 g/mol. The smallest absolute Gasteiger partial charge is 0.185 e. The minimum Gasteiger partial charge on any atom is -0.289 e. The normalized spacial score (nSPS) is 11.2. The maximum absolute atomic E-state index is 12.7. The van der Waals surface area contributed by atoms with Crippen molar-refractivity contribution >= 4 is 38.6 Å². The molecule has 0 aliphatic carbocycles. The molecule has 0 radical (unpaired) electrons. The van der Waals surface area contributed by atoms with E-state index >= 15 is 0 Å². The summed E-state index contributed by atoms with van der Waals surface area (Å²) >= 11 is 3.46. The fourth-order valence-corrected chi connectivity index (χ4v) is 4.25. The number of benzene rings is 5. The van der Waals surface area contributed by atoms with Crippen LogP contribution in [-0.2, 0) is 0 Å². The molecule has 0 bridgehead atoms. The van der Waals surface area contributed by atoms with Crippen LogP contribution in [0, 0.1) is 0 Å². The Morgan fingerprint density at radius 2 is 1.21 bits per heavy atom. The molecular weight excluding hydrogens is 468 g/mol. The number of carbonyl (C=O) groups excluding carboxylic acids is 1. The first-order valence-electron chi connectivity index (χ1n) is 10.8. The number of carbonyl (C=O) groups is 1. The van der Waals surface area contributed by atoms with Gasteiger partial charge in [-0.3, -0.25) is 4.79 Å². The summed E-state index contributed by atoms with van der Waals surface area (Å²) in [7, 11) is 0. The van der Waals surface area contributed by atoms with Crippen molar-refractivity contribution in [3.05, 3.63) is 137 Å². The molecular formula is C31H21BrO. The number of fused-ring (bicyclic) bond motifs is 1. The van der Waals surface area contributed by atoms with Crippen molar-refractivity contribution < 1.29 is 4.79 Å². The van der Waals surface area contributed by atoms with E-state index in [-0.39, 0.29) is 5.78 Å². The van der Waals surface area contributed by atoms with Crippen LogP contribution in [-0.4, -0.2) is 5.78 Å². The summed E-state index contributed by atoms with van der Waals surface area (Å²) in [6, 6.07) is 39.0. The van der Waals surface area contributed by atoms with Gasteiger partial charge in [0, 0.05) is 10.0 Å². The first kappa shape index (κ1) is 21.1. The molecule has 0 heterocycles. The van der Waals surface area contributed by atoms with Crippen LogP contribution in [0.3, 0.4) is 0 Å². The highest BCUT2D eigenvalue weighted by atomic mass is 79.9. The van der Waals surface area contributed by atoms with E-state index in [0.29, 0.717) is 5.56 Å². The summed E-state index contributed by atoms with van der Waals surface area (Å²) in [6.45, 7) is 0. The molecule has 0 aliphatic rings. The molecule has 1 nitrogen and oxygen atoms in total. The second kappa shape index (κ2) is 9.40. The molecule has 0 unspecified atom stereocenters. The Balaban J connectivity index is 1.31. The van der Waals surface area contributed by atoms with Crippen molar-refractivity contribution in [1.82, 2.24) is 0 Å². The van der Waals surface area contributed by atoms with Gasteiger partial charge in [0.15, 0.2) is 5.78 Å². The van der Waals surface area contributed by atoms with Gasteiger partial charge in [-0.25, -0.2) is 0 Å². The van der Waals surface area contributed by atoms with E-state index < -0.39 is 0 Å². The van der Waals surface area contributed by atoms with Gasteiger partial charge in [0.25, 0.3) is 0 Å². The third-order valence-corrected chi connectivity index (χ3v) is 6.31. The van der Waals surface area contributed by atoms with Crippen LogP contribution in [0.1, 0.15) is 15.9 Å². The van der Waals surface area contributed by atoms with Crippen LogP contribution in [0.4, 0.5) is 0 Å². The van der Waals surface area contributed by atoms with Gasteiger partial charge < -0.3 is 0 Å². The maximum Gasteiger partial charge on any atom is 0.185 e. The molecule has 5 rings (SSSR count). The SMILES string of the molecule is O=C(/C=C/c1ccc(-c2cccc3ccccc23)cc1)c1ccc(-c2ccc(Br)cc2)cc1. The zero-order valence-electron chi connectivity index (χ0n) is 17.9. The number of hydrogen-bond donors (Lipinski definition) is 0. The van der Waals surface area contributed by atoms with Crippen LogP contribution < -0.4 is 0 Å². The summed E-state index contributed by atoms with van der Waals surface area (Å²) in [5.74, 6) is -0.00418. The Morgan fingerprint density at radius 3 is 1.94 bits per heavy atom. The highest BCUT2D eigenvalue weighted by molar-refractivity contribution is 9.10. The van der Waals surface area contributed by atoms with Gasteiger partial charge >= 0.3 is 0 Å². The first-order valence-corrected chi connectivity index (χ1v) is 11.6.